The smallest absolute Gasteiger partial charge is 0.312 e. The zero-order chi connectivity index (χ0) is 17.1. The molecule has 0 heterocycles. The summed E-state index contributed by atoms with van der Waals surface area (Å²) in [6.07, 6.45) is 5.56. The van der Waals surface area contributed by atoms with Crippen LogP contribution in [0.3, 0.4) is 0 Å². The third-order valence-electron chi connectivity index (χ3n) is 8.80. The van der Waals surface area contributed by atoms with Crippen molar-refractivity contribution in [1.82, 2.24) is 0 Å². The van der Waals surface area contributed by atoms with E-state index < -0.39 is 16.6 Å². The lowest BCUT2D eigenvalue weighted by Gasteiger charge is -2.76. The lowest BCUT2D eigenvalue weighted by Crippen LogP contribution is -2.78. The van der Waals surface area contributed by atoms with Crippen LogP contribution in [-0.2, 0) is 9.53 Å². The molecule has 0 aromatic rings. The Hall–Kier alpha value is -0.610. The Balaban J connectivity index is 1.48. The van der Waals surface area contributed by atoms with E-state index in [2.05, 4.69) is 0 Å². The van der Waals surface area contributed by atoms with Crippen molar-refractivity contribution in [3.63, 3.8) is 0 Å². The van der Waals surface area contributed by atoms with Crippen LogP contribution in [0.2, 0.25) is 0 Å². The third-order valence-corrected chi connectivity index (χ3v) is 8.80. The molecule has 4 unspecified atom stereocenters. The average Bonchev–Trinajstić information content (AvgIpc) is 2.50. The molecular weight excluding hydrogens is 304 g/mol. The molecule has 7 aliphatic carbocycles. The van der Waals surface area contributed by atoms with Crippen molar-refractivity contribution < 1.29 is 19.7 Å². The standard InChI is InChI=1S/C20H30O4/c1-4-17(2,3)16(21)24-19-7-11-12-5-18(22)6-13(11)15(9-19)20(23,10-18)14(12)8-19/h11-15,22-23H,4-10H2,1-3H3. The van der Waals surface area contributed by atoms with Gasteiger partial charge in [-0.05, 0) is 82.0 Å². The summed E-state index contributed by atoms with van der Waals surface area (Å²) in [5, 5.41) is 22.3. The monoisotopic (exact) mass is 334 g/mol. The fraction of sp³-hybridized carbons (Fsp3) is 0.950. The molecule has 4 atom stereocenters. The highest BCUT2D eigenvalue weighted by Gasteiger charge is 2.76. The first-order valence-electron chi connectivity index (χ1n) is 9.80. The molecule has 7 saturated carbocycles. The van der Waals surface area contributed by atoms with E-state index in [4.69, 9.17) is 4.74 Å². The molecule has 7 aliphatic rings. The highest BCUT2D eigenvalue weighted by Crippen LogP contribution is 2.74. The number of esters is 1. The minimum Gasteiger partial charge on any atom is -0.459 e. The first-order valence-corrected chi connectivity index (χ1v) is 9.80. The minimum atomic E-state index is -0.715. The van der Waals surface area contributed by atoms with Crippen molar-refractivity contribution in [2.75, 3.05) is 0 Å². The van der Waals surface area contributed by atoms with Crippen molar-refractivity contribution >= 4 is 5.97 Å². The maximum Gasteiger partial charge on any atom is 0.312 e. The highest BCUT2D eigenvalue weighted by atomic mass is 16.6. The van der Waals surface area contributed by atoms with Crippen molar-refractivity contribution in [3.05, 3.63) is 0 Å². The summed E-state index contributed by atoms with van der Waals surface area (Å²) >= 11 is 0. The van der Waals surface area contributed by atoms with Gasteiger partial charge in [0.25, 0.3) is 0 Å². The molecule has 24 heavy (non-hydrogen) atoms. The van der Waals surface area contributed by atoms with Gasteiger partial charge < -0.3 is 14.9 Å². The predicted molar refractivity (Wildman–Crippen MR) is 87.9 cm³/mol. The summed E-state index contributed by atoms with van der Waals surface area (Å²) < 4.78 is 6.19. The maximum atomic E-state index is 12.7. The molecule has 0 amide bonds. The van der Waals surface area contributed by atoms with E-state index in [1.165, 1.54) is 0 Å². The van der Waals surface area contributed by atoms with Crippen LogP contribution in [0.1, 0.15) is 65.7 Å². The fourth-order valence-electron chi connectivity index (χ4n) is 7.46. The van der Waals surface area contributed by atoms with Gasteiger partial charge in [0, 0.05) is 6.42 Å². The Morgan fingerprint density at radius 1 is 1.04 bits per heavy atom. The van der Waals surface area contributed by atoms with Crippen molar-refractivity contribution in [2.45, 2.75) is 82.5 Å². The lowest BCUT2D eigenvalue weighted by atomic mass is 9.32. The summed E-state index contributed by atoms with van der Waals surface area (Å²) in [7, 11) is 0. The molecule has 8 bridgehead atoms. The van der Waals surface area contributed by atoms with Gasteiger partial charge in [-0.3, -0.25) is 4.79 Å². The summed E-state index contributed by atoms with van der Waals surface area (Å²) in [5.41, 5.74) is -2.14. The second-order valence-corrected chi connectivity index (χ2v) is 10.4. The summed E-state index contributed by atoms with van der Waals surface area (Å²) in [6.45, 7) is 5.96. The van der Waals surface area contributed by atoms with Gasteiger partial charge in [0.2, 0.25) is 0 Å². The number of rotatable bonds is 3. The Kier molecular flexibility index (Phi) is 2.73. The van der Waals surface area contributed by atoms with E-state index in [0.29, 0.717) is 24.2 Å². The normalized spacial score (nSPS) is 56.8. The molecule has 0 aliphatic heterocycles. The van der Waals surface area contributed by atoms with Crippen molar-refractivity contribution in [3.8, 4) is 0 Å². The molecule has 4 heteroatoms. The molecule has 0 spiro atoms. The Bertz CT molecular complexity index is 585. The Morgan fingerprint density at radius 2 is 1.62 bits per heavy atom. The second-order valence-electron chi connectivity index (χ2n) is 10.4. The van der Waals surface area contributed by atoms with Gasteiger partial charge in [-0.2, -0.15) is 0 Å². The van der Waals surface area contributed by atoms with Crippen LogP contribution < -0.4 is 0 Å². The zero-order valence-electron chi connectivity index (χ0n) is 15.0. The highest BCUT2D eigenvalue weighted by molar-refractivity contribution is 5.76. The summed E-state index contributed by atoms with van der Waals surface area (Å²) in [4.78, 5) is 12.7. The molecule has 134 valence electrons. The van der Waals surface area contributed by atoms with Crippen LogP contribution in [0.25, 0.3) is 0 Å². The largest absolute Gasteiger partial charge is 0.459 e. The zero-order valence-corrected chi connectivity index (χ0v) is 15.0. The van der Waals surface area contributed by atoms with Crippen LogP contribution in [0, 0.1) is 35.0 Å². The van der Waals surface area contributed by atoms with Crippen LogP contribution in [0.15, 0.2) is 0 Å². The van der Waals surface area contributed by atoms with Gasteiger partial charge in [-0.15, -0.1) is 0 Å². The summed E-state index contributed by atoms with van der Waals surface area (Å²) in [5.74, 6) is 1.73. The third kappa shape index (κ3) is 1.70. The predicted octanol–water partition coefficient (Wildman–Crippen LogP) is 2.66. The fourth-order valence-corrected chi connectivity index (χ4v) is 7.46. The van der Waals surface area contributed by atoms with Crippen LogP contribution in [-0.4, -0.2) is 33.0 Å². The van der Waals surface area contributed by atoms with Gasteiger partial charge in [-0.25, -0.2) is 0 Å². The number of ether oxygens (including phenoxy) is 1. The topological polar surface area (TPSA) is 66.8 Å². The minimum absolute atomic E-state index is 0.0748. The number of carbonyl (C=O) groups excluding carboxylic acids is 1. The van der Waals surface area contributed by atoms with Crippen LogP contribution >= 0.6 is 0 Å². The Labute approximate surface area is 144 Å². The molecule has 7 rings (SSSR count). The van der Waals surface area contributed by atoms with E-state index >= 15 is 0 Å². The van der Waals surface area contributed by atoms with Gasteiger partial charge >= 0.3 is 5.97 Å². The maximum absolute atomic E-state index is 12.7. The lowest BCUT2D eigenvalue weighted by molar-refractivity contribution is -0.349. The molecule has 0 aromatic heterocycles. The van der Waals surface area contributed by atoms with Crippen molar-refractivity contribution in [1.29, 1.82) is 0 Å². The Morgan fingerprint density at radius 3 is 2.17 bits per heavy atom. The number of hydrogen-bond acceptors (Lipinski definition) is 4. The average molecular weight is 334 g/mol. The summed E-state index contributed by atoms with van der Waals surface area (Å²) in [6, 6.07) is 0. The first-order chi connectivity index (χ1) is 11.1. The van der Waals surface area contributed by atoms with E-state index in [-0.39, 0.29) is 23.4 Å². The quantitative estimate of drug-likeness (QED) is 0.779. The molecule has 7 fully saturated rings. The van der Waals surface area contributed by atoms with E-state index in [0.717, 1.165) is 38.5 Å². The molecule has 0 saturated heterocycles. The van der Waals surface area contributed by atoms with Gasteiger partial charge in [0.1, 0.15) is 5.60 Å². The SMILES string of the molecule is CCC(C)(C)C(=O)OC12CC3C4CC5(O)CC3C(C1)C(O)(C5)C4C2. The van der Waals surface area contributed by atoms with Gasteiger partial charge in [-0.1, -0.05) is 6.92 Å². The number of aliphatic hydroxyl groups is 2. The van der Waals surface area contributed by atoms with Gasteiger partial charge in [0.15, 0.2) is 0 Å². The van der Waals surface area contributed by atoms with Gasteiger partial charge in [0.05, 0.1) is 16.6 Å². The van der Waals surface area contributed by atoms with E-state index in [1.807, 2.05) is 20.8 Å². The molecular formula is C20H30O4. The second kappa shape index (κ2) is 4.20. The van der Waals surface area contributed by atoms with Crippen LogP contribution in [0.5, 0.6) is 0 Å². The molecule has 0 radical (unpaired) electrons. The van der Waals surface area contributed by atoms with E-state index in [1.54, 1.807) is 0 Å². The first kappa shape index (κ1) is 15.6. The molecule has 0 aromatic carbocycles. The van der Waals surface area contributed by atoms with E-state index in [9.17, 15) is 15.0 Å². The molecule has 2 N–H and O–H groups in total. The van der Waals surface area contributed by atoms with Crippen LogP contribution in [0.4, 0.5) is 0 Å². The number of hydrogen-bond donors (Lipinski definition) is 2. The van der Waals surface area contributed by atoms with Crippen molar-refractivity contribution in [2.24, 2.45) is 35.0 Å². The molecule has 4 nitrogen and oxygen atoms in total. The number of carbonyl (C=O) groups is 1.